The number of rotatable bonds is 5. The van der Waals surface area contributed by atoms with Crippen LogP contribution in [0.2, 0.25) is 0 Å². The van der Waals surface area contributed by atoms with E-state index in [-0.39, 0.29) is 36.9 Å². The van der Waals surface area contributed by atoms with Gasteiger partial charge in [0.15, 0.2) is 0 Å². The van der Waals surface area contributed by atoms with Crippen LogP contribution >= 0.6 is 0 Å². The molecular weight excluding hydrogens is 454 g/mol. The summed E-state index contributed by atoms with van der Waals surface area (Å²) in [5.74, 6) is 0.874. The Kier molecular flexibility index (Phi) is 10.7. The lowest BCUT2D eigenvalue weighted by atomic mass is 9.74. The number of hydrogen-bond acceptors (Lipinski definition) is 8. The monoisotopic (exact) mass is 491 g/mol. The molecule has 11 N–H and O–H groups in total. The number of ether oxygens (including phenoxy) is 1. The first-order chi connectivity index (χ1) is 16.0. The van der Waals surface area contributed by atoms with Gasteiger partial charge in [-0.05, 0) is 66.0 Å². The summed E-state index contributed by atoms with van der Waals surface area (Å²) in [4.78, 5) is 0. The van der Waals surface area contributed by atoms with E-state index >= 15 is 0 Å². The van der Waals surface area contributed by atoms with Crippen LogP contribution in [0.1, 0.15) is 46.4 Å². The van der Waals surface area contributed by atoms with E-state index in [9.17, 15) is 5.02 Å². The lowest BCUT2D eigenvalue weighted by Crippen LogP contribution is -2.32. The average Bonchev–Trinajstić information content (AvgIpc) is 3.30. The third kappa shape index (κ3) is 5.72. The molecule has 3 aliphatic heterocycles. The highest BCUT2D eigenvalue weighted by Gasteiger charge is 2.42. The third-order valence-corrected chi connectivity index (χ3v) is 6.41. The molecule has 2 aromatic carbocycles. The van der Waals surface area contributed by atoms with Crippen LogP contribution in [0.15, 0.2) is 24.3 Å². The second-order valence-electron chi connectivity index (χ2n) is 8.53. The van der Waals surface area contributed by atoms with Crippen molar-refractivity contribution in [2.75, 3.05) is 32.9 Å². The molecule has 35 heavy (non-hydrogen) atoms. The van der Waals surface area contributed by atoms with Crippen LogP contribution in [-0.2, 0) is 25.9 Å². The maximum Gasteiger partial charge on any atom is 0.498 e. The van der Waals surface area contributed by atoms with E-state index in [2.05, 4.69) is 6.92 Å². The summed E-state index contributed by atoms with van der Waals surface area (Å²) in [6.45, 7) is 6.18. The Balaban J connectivity index is 0.000000234. The summed E-state index contributed by atoms with van der Waals surface area (Å²) in [7, 11) is -1.19. The highest BCUT2D eigenvalue weighted by Crippen LogP contribution is 2.32. The molecule has 0 amide bonds. The fourth-order valence-corrected chi connectivity index (χ4v) is 4.87. The standard InChI is InChI=1S/C12H18BNO3.C11H14BNO3.2H2O/c1-8-4-5-9(3-2-6-15)12-11(8)10(7-14)17-13(12)16;1-7-2-3-8-11-10(7)9(6-13)16-12(11)15-5-4-14-8;;/h4-5,10,15-16H,2-3,6-7,14H2,1H3;2-3,9H,4-6,13H2,1H3;2*1H2/p+1/t10-;9-;;/m11../s1. The van der Waals surface area contributed by atoms with Crippen LogP contribution in [0.4, 0.5) is 0 Å². The van der Waals surface area contributed by atoms with Gasteiger partial charge in [0, 0.05) is 25.2 Å². The van der Waals surface area contributed by atoms with Crippen LogP contribution in [0.3, 0.4) is 0 Å². The van der Waals surface area contributed by atoms with Crippen molar-refractivity contribution in [3.8, 4) is 5.75 Å². The van der Waals surface area contributed by atoms with Gasteiger partial charge in [-0.3, -0.25) is 0 Å². The zero-order chi connectivity index (χ0) is 23.5. The van der Waals surface area contributed by atoms with Gasteiger partial charge in [0.2, 0.25) is 0 Å². The van der Waals surface area contributed by atoms with E-state index < -0.39 is 7.12 Å². The van der Waals surface area contributed by atoms with Gasteiger partial charge in [0.25, 0.3) is 0 Å². The quantitative estimate of drug-likeness (QED) is 0.273. The Morgan fingerprint density at radius 1 is 0.943 bits per heavy atom. The molecule has 2 aromatic rings. The number of fused-ring (bicyclic) bond motifs is 1. The van der Waals surface area contributed by atoms with Gasteiger partial charge in [-0.15, -0.1) is 0 Å². The Labute approximate surface area is 206 Å². The molecule has 0 aliphatic carbocycles. The lowest BCUT2D eigenvalue weighted by Gasteiger charge is -2.14. The summed E-state index contributed by atoms with van der Waals surface area (Å²) in [6, 6.07) is 8.05. The minimum atomic E-state index is -0.882. The number of aryl methyl sites for hydroxylation is 3. The molecule has 0 unspecified atom stereocenters. The van der Waals surface area contributed by atoms with Crippen LogP contribution in [-0.4, -0.2) is 62.8 Å². The molecule has 2 atom stereocenters. The maximum atomic E-state index is 9.95. The number of aliphatic hydroxyl groups excluding tert-OH is 1. The molecule has 0 bridgehead atoms. The number of hydrogen-bond donors (Lipinski definition) is 4. The Bertz CT molecular complexity index is 996. The average molecular weight is 491 g/mol. The molecule has 192 valence electrons. The van der Waals surface area contributed by atoms with Crippen molar-refractivity contribution < 1.29 is 39.8 Å². The molecule has 5 rings (SSSR count). The Morgan fingerprint density at radius 3 is 2.23 bits per heavy atom. The molecule has 0 saturated heterocycles. The second kappa shape index (κ2) is 12.8. The predicted octanol–water partition coefficient (Wildman–Crippen LogP) is -1.98. The molecule has 0 fully saturated rings. The van der Waals surface area contributed by atoms with Crippen molar-refractivity contribution in [2.45, 2.75) is 38.9 Å². The maximum absolute atomic E-state index is 9.95. The van der Waals surface area contributed by atoms with Gasteiger partial charge < -0.3 is 51.3 Å². The SMILES string of the molecule is Cc1ccc(CCCO)c2c1[C@@H](CN)OB2O.Cc1ccc2c3c1[C@@H](CN)OB3OCCO2.O.[OH3+]. The van der Waals surface area contributed by atoms with Crippen molar-refractivity contribution in [1.82, 2.24) is 0 Å². The van der Waals surface area contributed by atoms with Gasteiger partial charge >= 0.3 is 14.2 Å². The van der Waals surface area contributed by atoms with Crippen molar-refractivity contribution in [3.63, 3.8) is 0 Å². The van der Waals surface area contributed by atoms with Gasteiger partial charge in [-0.1, -0.05) is 18.2 Å². The van der Waals surface area contributed by atoms with E-state index in [0.717, 1.165) is 45.3 Å². The van der Waals surface area contributed by atoms with Crippen LogP contribution < -0.4 is 27.1 Å². The fourth-order valence-electron chi connectivity index (χ4n) is 4.87. The second-order valence-corrected chi connectivity index (χ2v) is 8.53. The smallest absolute Gasteiger partial charge is 0.492 e. The summed E-state index contributed by atoms with van der Waals surface area (Å²) in [5, 5.41) is 18.8. The van der Waals surface area contributed by atoms with Crippen LogP contribution in [0.5, 0.6) is 5.75 Å². The van der Waals surface area contributed by atoms with Crippen LogP contribution in [0.25, 0.3) is 0 Å². The Morgan fingerprint density at radius 2 is 1.57 bits per heavy atom. The van der Waals surface area contributed by atoms with Gasteiger partial charge in [0.1, 0.15) is 12.4 Å². The normalized spacial score (nSPS) is 19.4. The summed E-state index contributed by atoms with van der Waals surface area (Å²) in [5.41, 5.74) is 18.8. The highest BCUT2D eigenvalue weighted by atomic mass is 16.6. The van der Waals surface area contributed by atoms with Crippen LogP contribution in [0, 0.1) is 13.8 Å². The Hall–Kier alpha value is -1.99. The molecule has 10 nitrogen and oxygen atoms in total. The molecule has 3 heterocycles. The topological polar surface area (TPSA) is 194 Å². The van der Waals surface area contributed by atoms with Crippen molar-refractivity contribution in [2.24, 2.45) is 11.5 Å². The summed E-state index contributed by atoms with van der Waals surface area (Å²) >= 11 is 0. The molecule has 0 radical (unpaired) electrons. The molecule has 0 saturated carbocycles. The largest absolute Gasteiger partial charge is 0.498 e. The minimum Gasteiger partial charge on any atom is -0.492 e. The molecular formula is C23H37B2N2O8+. The predicted molar refractivity (Wildman–Crippen MR) is 136 cm³/mol. The van der Waals surface area contributed by atoms with Gasteiger partial charge in [-0.25, -0.2) is 0 Å². The van der Waals surface area contributed by atoms with E-state index in [4.69, 9.17) is 35.3 Å². The first-order valence-corrected chi connectivity index (χ1v) is 11.5. The van der Waals surface area contributed by atoms with Gasteiger partial charge in [-0.2, -0.15) is 0 Å². The van der Waals surface area contributed by atoms with E-state index in [1.54, 1.807) is 0 Å². The summed E-state index contributed by atoms with van der Waals surface area (Å²) < 4.78 is 22.5. The minimum absolute atomic E-state index is 0. The number of aliphatic hydroxyl groups is 1. The first-order valence-electron chi connectivity index (χ1n) is 11.5. The molecule has 0 spiro atoms. The fraction of sp³-hybridized carbons (Fsp3) is 0.478. The summed E-state index contributed by atoms with van der Waals surface area (Å²) in [6.07, 6.45) is 1.16. The molecule has 3 aliphatic rings. The van der Waals surface area contributed by atoms with E-state index in [0.29, 0.717) is 32.7 Å². The first kappa shape index (κ1) is 29.2. The molecule has 12 heteroatoms. The van der Waals surface area contributed by atoms with E-state index in [1.165, 1.54) is 5.56 Å². The lowest BCUT2D eigenvalue weighted by molar-refractivity contribution is 0.147. The van der Waals surface area contributed by atoms with Crippen molar-refractivity contribution >= 4 is 25.2 Å². The zero-order valence-corrected chi connectivity index (χ0v) is 20.3. The van der Waals surface area contributed by atoms with Gasteiger partial charge in [0.05, 0.1) is 18.8 Å². The zero-order valence-electron chi connectivity index (χ0n) is 20.3. The van der Waals surface area contributed by atoms with Crippen molar-refractivity contribution in [1.29, 1.82) is 0 Å². The number of benzene rings is 2. The number of nitrogens with two attached hydrogens (primary N) is 2. The third-order valence-electron chi connectivity index (χ3n) is 6.41. The molecule has 0 aromatic heterocycles. The van der Waals surface area contributed by atoms with E-state index in [1.807, 2.05) is 31.2 Å². The van der Waals surface area contributed by atoms with Crippen molar-refractivity contribution in [3.05, 3.63) is 52.1 Å². The highest BCUT2D eigenvalue weighted by molar-refractivity contribution is 6.64.